The zero-order chi connectivity index (χ0) is 30.0. The lowest BCUT2D eigenvalue weighted by atomic mass is 10.1. The Kier molecular flexibility index (Phi) is 14.9. The minimum absolute atomic E-state index is 0.0188. The molecule has 0 spiro atoms. The quantitative estimate of drug-likeness (QED) is 0.0976. The SMILES string of the molecule is CCCCCCCCCCCCS[P@@](O)(=S)O[C@H]1C[C@H](n2cc(C)c(=O)[nH]c2=O)O[C@@H]1CO[Si](C)(C)C(C)(C)C. The van der Waals surface area contributed by atoms with Crippen LogP contribution in [-0.4, -0.2) is 47.3 Å². The number of unbranched alkanes of at least 4 members (excludes halogenated alkanes) is 9. The molecule has 0 unspecified atom stereocenters. The Morgan fingerprint density at radius 2 is 1.70 bits per heavy atom. The molecular weight excluding hydrogens is 584 g/mol. The lowest BCUT2D eigenvalue weighted by molar-refractivity contribution is -0.0390. The van der Waals surface area contributed by atoms with Crippen molar-refractivity contribution in [1.29, 1.82) is 0 Å². The first kappa shape index (κ1) is 35.9. The summed E-state index contributed by atoms with van der Waals surface area (Å²) in [5.41, 5.74) is -3.66. The summed E-state index contributed by atoms with van der Waals surface area (Å²) < 4.78 is 20.2. The number of nitrogens with one attached hydrogen (secondary N) is 1. The lowest BCUT2D eigenvalue weighted by Gasteiger charge is -2.37. The third-order valence-corrected chi connectivity index (χ3v) is 16.9. The molecule has 2 rings (SSSR count). The van der Waals surface area contributed by atoms with Crippen molar-refractivity contribution in [2.75, 3.05) is 12.4 Å². The smallest absolute Gasteiger partial charge is 0.330 e. The molecule has 1 saturated heterocycles. The molecule has 40 heavy (non-hydrogen) atoms. The normalized spacial score (nSPS) is 21.6. The molecular formula is C28H53N2O6PS2Si. The molecule has 2 N–H and O–H groups in total. The predicted molar refractivity (Wildman–Crippen MR) is 173 cm³/mol. The molecule has 0 amide bonds. The molecule has 0 aliphatic carbocycles. The van der Waals surface area contributed by atoms with Crippen LogP contribution in [0.25, 0.3) is 0 Å². The van der Waals surface area contributed by atoms with Gasteiger partial charge in [0.15, 0.2) is 8.32 Å². The van der Waals surface area contributed by atoms with Crippen LogP contribution in [0.4, 0.5) is 0 Å². The molecule has 0 radical (unpaired) electrons. The second-order valence-electron chi connectivity index (χ2n) is 12.5. The molecule has 0 bridgehead atoms. The van der Waals surface area contributed by atoms with E-state index in [1.54, 1.807) is 6.92 Å². The van der Waals surface area contributed by atoms with Gasteiger partial charge in [0.2, 0.25) is 5.69 Å². The van der Waals surface area contributed by atoms with Crippen LogP contribution in [0.2, 0.25) is 18.1 Å². The largest absolute Gasteiger partial charge is 0.414 e. The van der Waals surface area contributed by atoms with E-state index < -0.39 is 43.7 Å². The summed E-state index contributed by atoms with van der Waals surface area (Å²) in [7, 11) is -2.07. The van der Waals surface area contributed by atoms with Crippen LogP contribution in [0.5, 0.6) is 0 Å². The Balaban J connectivity index is 1.94. The molecule has 4 atom stereocenters. The Labute approximate surface area is 251 Å². The van der Waals surface area contributed by atoms with Crippen LogP contribution in [0.3, 0.4) is 0 Å². The lowest BCUT2D eigenvalue weighted by Crippen LogP contribution is -2.44. The Morgan fingerprint density at radius 1 is 1.12 bits per heavy atom. The highest BCUT2D eigenvalue weighted by Crippen LogP contribution is 2.59. The molecule has 0 saturated carbocycles. The highest BCUT2D eigenvalue weighted by atomic mass is 32.9. The van der Waals surface area contributed by atoms with Crippen LogP contribution in [0.15, 0.2) is 15.8 Å². The van der Waals surface area contributed by atoms with Crippen LogP contribution in [-0.2, 0) is 25.5 Å². The standard InChI is InChI=1S/C28H53N2O6PS2Si/c1-8-9-10-11-12-13-14-15-16-17-18-39-37(33,38)36-23-19-25(30-20-22(2)26(31)29-27(30)32)35-24(23)21-34-40(6,7)28(3,4)5/h20,23-25H,8-19,21H2,1-7H3,(H,33,38)(H,29,31,32)/t23-,24+,25+,37+/m0/s1. The maximum absolute atomic E-state index is 12.5. The van der Waals surface area contributed by atoms with E-state index in [0.29, 0.717) is 12.0 Å². The van der Waals surface area contributed by atoms with Crippen LogP contribution >= 0.6 is 17.1 Å². The van der Waals surface area contributed by atoms with E-state index in [-0.39, 0.29) is 11.6 Å². The minimum atomic E-state index is -3.12. The number of hydrogen-bond acceptors (Lipinski definition) is 7. The topological polar surface area (TPSA) is 103 Å². The van der Waals surface area contributed by atoms with Crippen molar-refractivity contribution >= 4 is 37.2 Å². The molecule has 1 aliphatic rings. The van der Waals surface area contributed by atoms with Gasteiger partial charge < -0.3 is 18.6 Å². The number of rotatable bonds is 18. The van der Waals surface area contributed by atoms with Gasteiger partial charge in [-0.05, 0) is 43.3 Å². The summed E-state index contributed by atoms with van der Waals surface area (Å²) in [6.45, 7) is 15.0. The molecule has 232 valence electrons. The molecule has 0 aromatic carbocycles. The predicted octanol–water partition coefficient (Wildman–Crippen LogP) is 7.41. The van der Waals surface area contributed by atoms with Crippen molar-refractivity contribution < 1.29 is 18.6 Å². The maximum atomic E-state index is 12.5. The second kappa shape index (κ2) is 16.5. The zero-order valence-electron chi connectivity index (χ0n) is 25.7. The summed E-state index contributed by atoms with van der Waals surface area (Å²) in [4.78, 5) is 37.8. The third-order valence-electron chi connectivity index (χ3n) is 8.07. The van der Waals surface area contributed by atoms with Gasteiger partial charge in [-0.3, -0.25) is 14.3 Å². The van der Waals surface area contributed by atoms with E-state index in [2.05, 4.69) is 45.8 Å². The fraction of sp³-hybridized carbons (Fsp3) is 0.857. The van der Waals surface area contributed by atoms with Gasteiger partial charge in [-0.15, -0.1) is 0 Å². The first-order valence-electron chi connectivity index (χ1n) is 14.9. The fourth-order valence-corrected chi connectivity index (χ4v) is 9.21. The molecule has 8 nitrogen and oxygen atoms in total. The van der Waals surface area contributed by atoms with E-state index in [0.717, 1.165) is 18.6 Å². The average Bonchev–Trinajstić information content (AvgIpc) is 3.24. The van der Waals surface area contributed by atoms with Gasteiger partial charge in [0.1, 0.15) is 12.3 Å². The van der Waals surface area contributed by atoms with Gasteiger partial charge in [0.05, 0.1) is 12.7 Å². The molecule has 1 aromatic heterocycles. The summed E-state index contributed by atoms with van der Waals surface area (Å²) >= 11 is 6.88. The summed E-state index contributed by atoms with van der Waals surface area (Å²) in [5.74, 6) is 0.755. The van der Waals surface area contributed by atoms with Crippen molar-refractivity contribution in [2.24, 2.45) is 0 Å². The zero-order valence-corrected chi connectivity index (χ0v) is 29.2. The number of aromatic amines is 1. The third kappa shape index (κ3) is 11.8. The minimum Gasteiger partial charge on any atom is -0.414 e. The Bertz CT molecular complexity index is 1070. The number of aryl methyl sites for hydroxylation is 1. The van der Waals surface area contributed by atoms with E-state index >= 15 is 0 Å². The first-order valence-corrected chi connectivity index (χ1v) is 22.1. The van der Waals surface area contributed by atoms with Gasteiger partial charge in [0, 0.05) is 23.9 Å². The Hall–Kier alpha value is -0.263. The number of nitrogens with zero attached hydrogens (tertiary/aromatic N) is 1. The monoisotopic (exact) mass is 636 g/mol. The van der Waals surface area contributed by atoms with Crippen molar-refractivity contribution in [2.45, 2.75) is 142 Å². The number of aromatic nitrogens is 2. The van der Waals surface area contributed by atoms with Crippen molar-refractivity contribution in [3.8, 4) is 0 Å². The van der Waals surface area contributed by atoms with E-state index in [4.69, 9.17) is 25.5 Å². The second-order valence-corrected chi connectivity index (χ2v) is 23.6. The number of hydrogen-bond donors (Lipinski definition) is 2. The number of H-pyrrole nitrogens is 1. The van der Waals surface area contributed by atoms with Crippen molar-refractivity contribution in [3.05, 3.63) is 32.6 Å². The number of ether oxygens (including phenoxy) is 1. The molecule has 1 aliphatic heterocycles. The van der Waals surface area contributed by atoms with Gasteiger partial charge in [-0.2, -0.15) is 0 Å². The van der Waals surface area contributed by atoms with Crippen molar-refractivity contribution in [3.63, 3.8) is 0 Å². The van der Waals surface area contributed by atoms with E-state index in [1.165, 1.54) is 73.5 Å². The molecule has 1 fully saturated rings. The summed E-state index contributed by atoms with van der Waals surface area (Å²) in [6.07, 6.45) is 12.7. The van der Waals surface area contributed by atoms with Crippen LogP contribution < -0.4 is 11.2 Å². The van der Waals surface area contributed by atoms with Crippen molar-refractivity contribution in [1.82, 2.24) is 9.55 Å². The Morgan fingerprint density at radius 3 is 2.27 bits per heavy atom. The van der Waals surface area contributed by atoms with Crippen LogP contribution in [0, 0.1) is 6.92 Å². The van der Waals surface area contributed by atoms with Gasteiger partial charge in [-0.1, -0.05) is 96.9 Å². The molecule has 1 aromatic rings. The fourth-order valence-electron chi connectivity index (χ4n) is 4.41. The first-order chi connectivity index (χ1) is 18.7. The average molecular weight is 637 g/mol. The summed E-state index contributed by atoms with van der Waals surface area (Å²) in [6, 6.07) is 0. The summed E-state index contributed by atoms with van der Waals surface area (Å²) in [5, 5.41) is 0.0188. The highest BCUT2D eigenvalue weighted by molar-refractivity contribution is 8.67. The van der Waals surface area contributed by atoms with Crippen LogP contribution in [0.1, 0.15) is 110 Å². The molecule has 2 heterocycles. The molecule has 12 heteroatoms. The highest BCUT2D eigenvalue weighted by Gasteiger charge is 2.43. The van der Waals surface area contributed by atoms with Gasteiger partial charge >= 0.3 is 5.69 Å². The van der Waals surface area contributed by atoms with E-state index in [1.807, 2.05) is 0 Å². The maximum Gasteiger partial charge on any atom is 0.330 e. The van der Waals surface area contributed by atoms with E-state index in [9.17, 15) is 14.5 Å². The van der Waals surface area contributed by atoms with Gasteiger partial charge in [-0.25, -0.2) is 4.79 Å². The van der Waals surface area contributed by atoms with Gasteiger partial charge in [0.25, 0.3) is 5.56 Å².